The fraction of sp³-hybridized carbons (Fsp3) is 0.435. The molecule has 0 bridgehead atoms. The van der Waals surface area contributed by atoms with E-state index in [1.54, 1.807) is 4.90 Å². The molecule has 1 saturated carbocycles. The third-order valence-electron chi connectivity index (χ3n) is 5.21. The van der Waals surface area contributed by atoms with Crippen molar-refractivity contribution in [2.45, 2.75) is 51.6 Å². The monoisotopic (exact) mass is 409 g/mol. The number of rotatable bonds is 4. The Morgan fingerprint density at radius 3 is 2.63 bits per heavy atom. The number of methoxy groups -OCH3 is 1. The average Bonchev–Trinajstić information content (AvgIpc) is 3.45. The Balaban J connectivity index is 1.56. The van der Waals surface area contributed by atoms with E-state index < -0.39 is 11.6 Å². The highest BCUT2D eigenvalue weighted by Gasteiger charge is 2.29. The summed E-state index contributed by atoms with van der Waals surface area (Å²) in [6, 6.07) is 7.62. The van der Waals surface area contributed by atoms with E-state index in [-0.39, 0.29) is 6.09 Å². The first-order chi connectivity index (χ1) is 14.2. The van der Waals surface area contributed by atoms with Crippen LogP contribution in [0.1, 0.15) is 61.0 Å². The first-order valence-electron chi connectivity index (χ1n) is 10.2. The van der Waals surface area contributed by atoms with Crippen molar-refractivity contribution in [1.29, 1.82) is 0 Å². The van der Waals surface area contributed by atoms with E-state index in [1.165, 1.54) is 7.11 Å². The third-order valence-corrected chi connectivity index (χ3v) is 5.21. The van der Waals surface area contributed by atoms with Crippen molar-refractivity contribution in [3.8, 4) is 0 Å². The van der Waals surface area contributed by atoms with E-state index in [0.29, 0.717) is 23.8 Å². The lowest BCUT2D eigenvalue weighted by Crippen LogP contribution is -2.35. The van der Waals surface area contributed by atoms with Gasteiger partial charge in [-0.3, -0.25) is 4.90 Å². The summed E-state index contributed by atoms with van der Waals surface area (Å²) in [4.78, 5) is 30.9. The Kier molecular flexibility index (Phi) is 5.13. The van der Waals surface area contributed by atoms with E-state index in [2.05, 4.69) is 10.3 Å². The molecule has 1 aliphatic carbocycles. The van der Waals surface area contributed by atoms with Gasteiger partial charge in [-0.25, -0.2) is 14.6 Å². The molecule has 0 atom stereocenters. The lowest BCUT2D eigenvalue weighted by atomic mass is 10.1. The largest absolute Gasteiger partial charge is 0.465 e. The molecule has 0 unspecified atom stereocenters. The summed E-state index contributed by atoms with van der Waals surface area (Å²) < 4.78 is 10.5. The van der Waals surface area contributed by atoms with Gasteiger partial charge in [-0.05, 0) is 81.3 Å². The molecule has 1 fully saturated rings. The first kappa shape index (κ1) is 20.2. The molecule has 1 aromatic heterocycles. The smallest absolute Gasteiger partial charge is 0.414 e. The van der Waals surface area contributed by atoms with Crippen LogP contribution in [-0.4, -0.2) is 36.3 Å². The Morgan fingerprint density at radius 2 is 1.97 bits per heavy atom. The Morgan fingerprint density at radius 1 is 1.20 bits per heavy atom. The molecule has 2 aliphatic rings. The van der Waals surface area contributed by atoms with Crippen LogP contribution in [0, 0.1) is 0 Å². The van der Waals surface area contributed by atoms with Crippen LogP contribution in [0.15, 0.2) is 30.5 Å². The summed E-state index contributed by atoms with van der Waals surface area (Å²) in [6.07, 6.45) is 4.49. The fourth-order valence-corrected chi connectivity index (χ4v) is 3.61. The predicted molar refractivity (Wildman–Crippen MR) is 115 cm³/mol. The summed E-state index contributed by atoms with van der Waals surface area (Å²) in [5.74, 6) is 0.548. The van der Waals surface area contributed by atoms with Crippen LogP contribution in [0.25, 0.3) is 0 Å². The molecule has 158 valence electrons. The second-order valence-corrected chi connectivity index (χ2v) is 8.78. The molecule has 7 nitrogen and oxygen atoms in total. The number of amides is 1. The quantitative estimate of drug-likeness (QED) is 0.732. The number of carbonyl (C=O) groups excluding carboxylic acids is 2. The van der Waals surface area contributed by atoms with Crippen LogP contribution in [0.4, 0.5) is 22.0 Å². The average molecular weight is 409 g/mol. The van der Waals surface area contributed by atoms with E-state index >= 15 is 0 Å². The molecule has 1 N–H and O–H groups in total. The highest BCUT2D eigenvalue weighted by atomic mass is 16.6. The molecule has 1 aliphatic heterocycles. The van der Waals surface area contributed by atoms with Crippen LogP contribution in [0.3, 0.4) is 0 Å². The number of aromatic nitrogens is 1. The minimum Gasteiger partial charge on any atom is -0.465 e. The van der Waals surface area contributed by atoms with Crippen LogP contribution in [-0.2, 0) is 15.9 Å². The molecule has 4 rings (SSSR count). The highest BCUT2D eigenvalue weighted by Crippen LogP contribution is 2.41. The van der Waals surface area contributed by atoms with Gasteiger partial charge in [0.05, 0.1) is 12.8 Å². The van der Waals surface area contributed by atoms with Crippen LogP contribution < -0.4 is 10.2 Å². The number of anilines is 3. The number of hydrogen-bond acceptors (Lipinski definition) is 6. The number of carbonyl (C=O) groups is 2. The molecule has 30 heavy (non-hydrogen) atoms. The molecule has 2 aromatic rings. The predicted octanol–water partition coefficient (Wildman–Crippen LogP) is 4.79. The number of nitrogens with zero attached hydrogens (tertiary/aromatic N) is 2. The molecule has 0 radical (unpaired) electrons. The number of benzene rings is 1. The van der Waals surface area contributed by atoms with Gasteiger partial charge in [-0.2, -0.15) is 0 Å². The first-order valence-corrected chi connectivity index (χ1v) is 10.2. The Hall–Kier alpha value is -3.09. The van der Waals surface area contributed by atoms with Gasteiger partial charge in [0.25, 0.3) is 0 Å². The van der Waals surface area contributed by atoms with Crippen molar-refractivity contribution in [2.75, 3.05) is 23.9 Å². The molecule has 2 heterocycles. The van der Waals surface area contributed by atoms with Gasteiger partial charge in [0.1, 0.15) is 17.0 Å². The van der Waals surface area contributed by atoms with Crippen molar-refractivity contribution in [2.24, 2.45) is 0 Å². The summed E-state index contributed by atoms with van der Waals surface area (Å²) in [7, 11) is 1.37. The van der Waals surface area contributed by atoms with Crippen molar-refractivity contribution in [3.63, 3.8) is 0 Å². The van der Waals surface area contributed by atoms with Crippen LogP contribution in [0.2, 0.25) is 0 Å². The lowest BCUT2D eigenvalue weighted by Gasteiger charge is -2.24. The summed E-state index contributed by atoms with van der Waals surface area (Å²) >= 11 is 0. The topological polar surface area (TPSA) is 80.8 Å². The maximum absolute atomic E-state index is 12.5. The maximum atomic E-state index is 12.5. The van der Waals surface area contributed by atoms with E-state index in [1.807, 2.05) is 51.2 Å². The zero-order valence-corrected chi connectivity index (χ0v) is 17.8. The molecule has 1 amide bonds. The standard InChI is InChI=1S/C23H27N3O4/c1-23(2,3)30-22(28)26-10-9-15-11-17(7-8-19(15)26)25-20-18(21(27)29-4)12-16(13-24-20)14-5-6-14/h7-8,11-14H,5-6,9-10H2,1-4H3,(H,24,25). The lowest BCUT2D eigenvalue weighted by molar-refractivity contribution is 0.0579. The third kappa shape index (κ3) is 4.25. The number of esters is 1. The van der Waals surface area contributed by atoms with E-state index in [0.717, 1.165) is 41.8 Å². The maximum Gasteiger partial charge on any atom is 0.414 e. The second-order valence-electron chi connectivity index (χ2n) is 8.78. The van der Waals surface area contributed by atoms with E-state index in [4.69, 9.17) is 9.47 Å². The highest BCUT2D eigenvalue weighted by molar-refractivity contribution is 5.96. The Bertz CT molecular complexity index is 992. The van der Waals surface area contributed by atoms with Crippen molar-refractivity contribution < 1.29 is 19.1 Å². The number of pyridine rings is 1. The van der Waals surface area contributed by atoms with Crippen molar-refractivity contribution >= 4 is 29.3 Å². The zero-order valence-electron chi connectivity index (χ0n) is 17.8. The van der Waals surface area contributed by atoms with Gasteiger partial charge in [0.15, 0.2) is 0 Å². The fourth-order valence-electron chi connectivity index (χ4n) is 3.61. The van der Waals surface area contributed by atoms with Crippen LogP contribution in [0.5, 0.6) is 0 Å². The van der Waals surface area contributed by atoms with Crippen molar-refractivity contribution in [1.82, 2.24) is 4.98 Å². The van der Waals surface area contributed by atoms with Gasteiger partial charge < -0.3 is 14.8 Å². The summed E-state index contributed by atoms with van der Waals surface area (Å²) in [5, 5.41) is 3.24. The SMILES string of the molecule is COC(=O)c1cc(C2CC2)cnc1Nc1ccc2c(c1)CCN2C(=O)OC(C)(C)C. The van der Waals surface area contributed by atoms with Gasteiger partial charge in [0, 0.05) is 18.4 Å². The Labute approximate surface area is 176 Å². The molecule has 7 heteroatoms. The summed E-state index contributed by atoms with van der Waals surface area (Å²) in [5.41, 5.74) is 3.65. The van der Waals surface area contributed by atoms with Gasteiger partial charge in [-0.15, -0.1) is 0 Å². The summed E-state index contributed by atoms with van der Waals surface area (Å²) in [6.45, 7) is 6.15. The molecular formula is C23H27N3O4. The number of ether oxygens (including phenoxy) is 2. The second kappa shape index (κ2) is 7.63. The zero-order chi connectivity index (χ0) is 21.5. The number of fused-ring (bicyclic) bond motifs is 1. The van der Waals surface area contributed by atoms with Crippen molar-refractivity contribution in [3.05, 3.63) is 47.2 Å². The minimum absolute atomic E-state index is 0.340. The molecule has 0 spiro atoms. The minimum atomic E-state index is -0.538. The normalized spacial score (nSPS) is 15.5. The number of nitrogens with one attached hydrogen (secondary N) is 1. The van der Waals surface area contributed by atoms with Gasteiger partial charge in [0.2, 0.25) is 0 Å². The van der Waals surface area contributed by atoms with E-state index in [9.17, 15) is 9.59 Å². The van der Waals surface area contributed by atoms with Gasteiger partial charge >= 0.3 is 12.1 Å². The number of hydrogen-bond donors (Lipinski definition) is 1. The van der Waals surface area contributed by atoms with Gasteiger partial charge in [-0.1, -0.05) is 0 Å². The molecule has 1 aromatic carbocycles. The van der Waals surface area contributed by atoms with Crippen LogP contribution >= 0.6 is 0 Å². The molecule has 0 saturated heterocycles. The molecular weight excluding hydrogens is 382 g/mol.